The third kappa shape index (κ3) is 3.75. The molecule has 1 amide bonds. The maximum Gasteiger partial charge on any atom is 0.232 e. The average molecular weight is 394 g/mol. The van der Waals surface area contributed by atoms with E-state index in [9.17, 15) is 9.59 Å². The van der Waals surface area contributed by atoms with Gasteiger partial charge >= 0.3 is 0 Å². The van der Waals surface area contributed by atoms with Crippen LogP contribution in [-0.2, 0) is 9.59 Å². The fraction of sp³-hybridized carbons (Fsp3) is 0.542. The minimum atomic E-state index is -0.376. The summed E-state index contributed by atoms with van der Waals surface area (Å²) < 4.78 is 0. The molecule has 5 nitrogen and oxygen atoms in total. The van der Waals surface area contributed by atoms with Crippen LogP contribution in [0, 0.1) is 5.92 Å². The van der Waals surface area contributed by atoms with E-state index in [2.05, 4.69) is 29.2 Å². The Balaban J connectivity index is 1.78. The van der Waals surface area contributed by atoms with Crippen molar-refractivity contribution in [1.29, 1.82) is 0 Å². The van der Waals surface area contributed by atoms with Crippen LogP contribution in [0.2, 0.25) is 0 Å². The lowest BCUT2D eigenvalue weighted by molar-refractivity contribution is -0.134. The monoisotopic (exact) mass is 393 g/mol. The summed E-state index contributed by atoms with van der Waals surface area (Å²) in [6.45, 7) is 3.60. The molecule has 4 rings (SSSR count). The van der Waals surface area contributed by atoms with E-state index in [1.54, 1.807) is 0 Å². The topological polar surface area (TPSA) is 53.0 Å². The average Bonchev–Trinajstić information content (AvgIpc) is 2.73. The summed E-state index contributed by atoms with van der Waals surface area (Å²) >= 11 is 0. The number of hydrogen-bond acceptors (Lipinski definition) is 4. The Bertz CT molecular complexity index is 861. The summed E-state index contributed by atoms with van der Waals surface area (Å²) in [5.74, 6) is -0.293. The summed E-state index contributed by atoms with van der Waals surface area (Å²) in [6.07, 6.45) is 5.54. The maximum atomic E-state index is 13.6. The van der Waals surface area contributed by atoms with Gasteiger partial charge in [0.05, 0.1) is 5.92 Å². The predicted octanol–water partition coefficient (Wildman–Crippen LogP) is 3.95. The number of Topliss-reactive ketones (excluding diaryl/α,β-unsaturated/α-hetero) is 1. The first-order valence-corrected chi connectivity index (χ1v) is 10.8. The molecule has 2 aliphatic heterocycles. The zero-order chi connectivity index (χ0) is 20.5. The largest absolute Gasteiger partial charge is 0.378 e. The molecular formula is C24H31N3O2. The molecule has 0 aromatic heterocycles. The molecule has 0 radical (unpaired) electrons. The molecule has 1 aromatic rings. The van der Waals surface area contributed by atoms with E-state index in [0.29, 0.717) is 6.42 Å². The molecule has 1 fully saturated rings. The molecule has 0 spiro atoms. The van der Waals surface area contributed by atoms with Gasteiger partial charge in [0.15, 0.2) is 5.78 Å². The number of carbonyl (C=O) groups is 2. The van der Waals surface area contributed by atoms with Crippen LogP contribution < -0.4 is 4.90 Å². The molecule has 5 heteroatoms. The number of allylic oxidation sites excluding steroid dienone is 2. The fourth-order valence-electron chi connectivity index (χ4n) is 4.98. The lowest BCUT2D eigenvalue weighted by atomic mass is 9.71. The van der Waals surface area contributed by atoms with Crippen molar-refractivity contribution in [2.24, 2.45) is 10.9 Å². The highest BCUT2D eigenvalue weighted by molar-refractivity contribution is 6.10. The van der Waals surface area contributed by atoms with Gasteiger partial charge in [-0.1, -0.05) is 12.1 Å². The number of likely N-dealkylation sites (tertiary alicyclic amines) is 1. The van der Waals surface area contributed by atoms with Crippen molar-refractivity contribution in [3.63, 3.8) is 0 Å². The van der Waals surface area contributed by atoms with E-state index in [1.807, 2.05) is 25.9 Å². The Morgan fingerprint density at radius 3 is 2.38 bits per heavy atom. The lowest BCUT2D eigenvalue weighted by Crippen LogP contribution is -2.46. The molecule has 1 unspecified atom stereocenters. The fourth-order valence-corrected chi connectivity index (χ4v) is 4.98. The third-order valence-corrected chi connectivity index (χ3v) is 6.54. The summed E-state index contributed by atoms with van der Waals surface area (Å²) in [7, 11) is 4.03. The molecule has 0 N–H and O–H groups in total. The van der Waals surface area contributed by atoms with Crippen LogP contribution in [0.4, 0.5) is 5.69 Å². The summed E-state index contributed by atoms with van der Waals surface area (Å²) in [4.78, 5) is 35.4. The van der Waals surface area contributed by atoms with Crippen molar-refractivity contribution in [3.8, 4) is 0 Å². The molecule has 1 aromatic carbocycles. The minimum Gasteiger partial charge on any atom is -0.378 e. The van der Waals surface area contributed by atoms with Gasteiger partial charge < -0.3 is 9.80 Å². The number of piperidine rings is 1. The lowest BCUT2D eigenvalue weighted by Gasteiger charge is -2.38. The Morgan fingerprint density at radius 1 is 1.03 bits per heavy atom. The standard InChI is InChI=1S/C24H31N3O2/c1-16-21(24(29)27-14-5-4-6-15-27)22(17-10-12-18(13-11-17)26(2)3)23-19(25-16)8-7-9-20(23)28/h10-13,21-22H,4-9,14-15H2,1-3H3/t21?,22-/m0/s1. The number of hydrogen-bond donors (Lipinski definition) is 0. The number of benzene rings is 1. The van der Waals surface area contributed by atoms with E-state index in [4.69, 9.17) is 4.99 Å². The molecule has 154 valence electrons. The van der Waals surface area contributed by atoms with E-state index in [-0.39, 0.29) is 23.5 Å². The number of aliphatic imine (C=N–C) groups is 1. The maximum absolute atomic E-state index is 13.6. The zero-order valence-corrected chi connectivity index (χ0v) is 17.8. The van der Waals surface area contributed by atoms with Crippen molar-refractivity contribution in [2.75, 3.05) is 32.1 Å². The van der Waals surface area contributed by atoms with Crippen molar-refractivity contribution in [3.05, 3.63) is 41.1 Å². The second kappa shape index (κ2) is 8.13. The quantitative estimate of drug-likeness (QED) is 0.781. The number of anilines is 1. The Hall–Kier alpha value is -2.43. The van der Waals surface area contributed by atoms with E-state index in [1.165, 1.54) is 6.42 Å². The molecule has 1 saturated heterocycles. The van der Waals surface area contributed by atoms with Crippen LogP contribution in [-0.4, -0.2) is 49.5 Å². The minimum absolute atomic E-state index is 0.137. The van der Waals surface area contributed by atoms with Gasteiger partial charge in [0.2, 0.25) is 5.91 Å². The first-order valence-electron chi connectivity index (χ1n) is 10.8. The zero-order valence-electron chi connectivity index (χ0n) is 17.8. The highest BCUT2D eigenvalue weighted by Gasteiger charge is 2.43. The van der Waals surface area contributed by atoms with Crippen LogP contribution in [0.5, 0.6) is 0 Å². The summed E-state index contributed by atoms with van der Waals surface area (Å²) in [6, 6.07) is 8.32. The van der Waals surface area contributed by atoms with E-state index in [0.717, 1.165) is 67.0 Å². The molecule has 1 aliphatic carbocycles. The number of nitrogens with zero attached hydrogens (tertiary/aromatic N) is 3. The Kier molecular flexibility index (Phi) is 5.57. The highest BCUT2D eigenvalue weighted by Crippen LogP contribution is 2.44. The Labute approximate surface area is 173 Å². The number of carbonyl (C=O) groups excluding carboxylic acids is 2. The van der Waals surface area contributed by atoms with Crippen LogP contribution in [0.3, 0.4) is 0 Å². The van der Waals surface area contributed by atoms with Gasteiger partial charge in [0, 0.05) is 62.2 Å². The predicted molar refractivity (Wildman–Crippen MR) is 116 cm³/mol. The van der Waals surface area contributed by atoms with Gasteiger partial charge in [-0.25, -0.2) is 0 Å². The SMILES string of the molecule is CC1=NC2=C(C(=O)CCC2)[C@@H](c2ccc(N(C)C)cc2)C1C(=O)N1CCCCC1. The van der Waals surface area contributed by atoms with Gasteiger partial charge in [-0.05, 0) is 56.7 Å². The van der Waals surface area contributed by atoms with Crippen molar-refractivity contribution in [2.45, 2.75) is 51.4 Å². The van der Waals surface area contributed by atoms with Gasteiger partial charge in [-0.3, -0.25) is 14.6 Å². The van der Waals surface area contributed by atoms with Gasteiger partial charge in [0.1, 0.15) is 0 Å². The van der Waals surface area contributed by atoms with Crippen molar-refractivity contribution >= 4 is 23.1 Å². The van der Waals surface area contributed by atoms with Crippen LogP contribution in [0.25, 0.3) is 0 Å². The number of rotatable bonds is 3. The molecule has 0 saturated carbocycles. The van der Waals surface area contributed by atoms with E-state index >= 15 is 0 Å². The first-order chi connectivity index (χ1) is 14.0. The van der Waals surface area contributed by atoms with Crippen molar-refractivity contribution < 1.29 is 9.59 Å². The second-order valence-electron chi connectivity index (χ2n) is 8.72. The summed E-state index contributed by atoms with van der Waals surface area (Å²) in [5, 5.41) is 0. The molecule has 29 heavy (non-hydrogen) atoms. The van der Waals surface area contributed by atoms with Crippen LogP contribution in [0.15, 0.2) is 40.5 Å². The van der Waals surface area contributed by atoms with E-state index < -0.39 is 0 Å². The molecule has 0 bridgehead atoms. The Morgan fingerprint density at radius 2 is 1.72 bits per heavy atom. The van der Waals surface area contributed by atoms with Gasteiger partial charge in [-0.2, -0.15) is 0 Å². The molecule has 2 heterocycles. The molecule has 2 atom stereocenters. The van der Waals surface area contributed by atoms with Crippen molar-refractivity contribution in [1.82, 2.24) is 4.90 Å². The van der Waals surface area contributed by atoms with Gasteiger partial charge in [-0.15, -0.1) is 0 Å². The number of amides is 1. The first kappa shape index (κ1) is 19.9. The van der Waals surface area contributed by atoms with Crippen LogP contribution in [0.1, 0.15) is 56.9 Å². The van der Waals surface area contributed by atoms with Crippen LogP contribution >= 0.6 is 0 Å². The normalized spacial score (nSPS) is 24.9. The number of ketones is 1. The molecule has 3 aliphatic rings. The smallest absolute Gasteiger partial charge is 0.232 e. The second-order valence-corrected chi connectivity index (χ2v) is 8.72. The molecular weight excluding hydrogens is 362 g/mol. The summed E-state index contributed by atoms with van der Waals surface area (Å²) in [5.41, 5.74) is 4.70. The highest BCUT2D eigenvalue weighted by atomic mass is 16.2. The van der Waals surface area contributed by atoms with Gasteiger partial charge in [0.25, 0.3) is 0 Å². The third-order valence-electron chi connectivity index (χ3n) is 6.54.